The highest BCUT2D eigenvalue weighted by Gasteiger charge is 2.26. The molecule has 0 unspecified atom stereocenters. The highest BCUT2D eigenvalue weighted by atomic mass is 32.2. The molecule has 0 bridgehead atoms. The van der Waals surface area contributed by atoms with Crippen LogP contribution >= 0.6 is 0 Å². The summed E-state index contributed by atoms with van der Waals surface area (Å²) in [6, 6.07) is 7.94. The number of hydrogen-bond acceptors (Lipinski definition) is 5. The molecule has 0 atom stereocenters. The smallest absolute Gasteiger partial charge is 0.328 e. The minimum absolute atomic E-state index is 0.163. The van der Waals surface area contributed by atoms with Crippen molar-refractivity contribution in [1.29, 1.82) is 0 Å². The first-order chi connectivity index (χ1) is 15.1. The number of ether oxygens (including phenoxy) is 1. The summed E-state index contributed by atoms with van der Waals surface area (Å²) >= 11 is 0. The number of hydrogen-bond donors (Lipinski definition) is 2. The highest BCUT2D eigenvalue weighted by molar-refractivity contribution is 7.89. The molecule has 1 aromatic heterocycles. The lowest BCUT2D eigenvalue weighted by molar-refractivity contribution is 0.209. The first kappa shape index (κ1) is 24.0. The van der Waals surface area contributed by atoms with Crippen molar-refractivity contribution < 1.29 is 13.2 Å². The third-order valence-electron chi connectivity index (χ3n) is 5.43. The fraction of sp³-hybridized carbons (Fsp3) is 0.478. The van der Waals surface area contributed by atoms with Crippen molar-refractivity contribution >= 4 is 10.0 Å². The van der Waals surface area contributed by atoms with Crippen LogP contribution in [0.1, 0.15) is 52.4 Å². The molecule has 174 valence electrons. The first-order valence-electron chi connectivity index (χ1n) is 10.9. The standard InChI is InChI=1S/C23H31N3O5S/c1-23(2,14-6-3-7-15-26-16-13-21(27)24-22(26)28)25-32(29,30)20-12-8-11-19(17-20)31-18-9-4-5-10-18/h3,7-8,11-13,16-18,25H,4-6,9-10,14-15H2,1-2H3,(H,24,27,28)/b7-3+. The van der Waals surface area contributed by atoms with Crippen LogP contribution < -0.4 is 20.7 Å². The maximum atomic E-state index is 12.9. The summed E-state index contributed by atoms with van der Waals surface area (Å²) < 4.78 is 36.0. The normalized spacial score (nSPS) is 15.4. The number of rotatable bonds is 10. The van der Waals surface area contributed by atoms with E-state index in [4.69, 9.17) is 4.74 Å². The molecule has 1 fully saturated rings. The minimum atomic E-state index is -3.70. The summed E-state index contributed by atoms with van der Waals surface area (Å²) in [4.78, 5) is 25.1. The molecule has 0 amide bonds. The Morgan fingerprint density at radius 1 is 1.19 bits per heavy atom. The van der Waals surface area contributed by atoms with Gasteiger partial charge in [0, 0.05) is 30.4 Å². The van der Waals surface area contributed by atoms with E-state index >= 15 is 0 Å². The topological polar surface area (TPSA) is 110 Å². The zero-order valence-electron chi connectivity index (χ0n) is 18.5. The molecule has 2 aromatic rings. The number of allylic oxidation sites excluding steroid dienone is 2. The summed E-state index contributed by atoms with van der Waals surface area (Å²) in [5, 5.41) is 0. The van der Waals surface area contributed by atoms with Crippen LogP contribution in [-0.4, -0.2) is 29.6 Å². The summed E-state index contributed by atoms with van der Waals surface area (Å²) in [6.45, 7) is 4.00. The van der Waals surface area contributed by atoms with Crippen LogP contribution in [0.4, 0.5) is 0 Å². The van der Waals surface area contributed by atoms with E-state index in [1.165, 1.54) is 16.8 Å². The third-order valence-corrected chi connectivity index (χ3v) is 7.13. The van der Waals surface area contributed by atoms with E-state index in [0.29, 0.717) is 25.1 Å². The quantitative estimate of drug-likeness (QED) is 0.529. The van der Waals surface area contributed by atoms with Crippen LogP contribution in [0.2, 0.25) is 0 Å². The number of nitrogens with zero attached hydrogens (tertiary/aromatic N) is 1. The second kappa shape index (κ2) is 10.3. The molecular weight excluding hydrogens is 430 g/mol. The van der Waals surface area contributed by atoms with Crippen LogP contribution in [0.5, 0.6) is 5.75 Å². The molecule has 0 spiro atoms. The Morgan fingerprint density at radius 2 is 1.94 bits per heavy atom. The van der Waals surface area contributed by atoms with Gasteiger partial charge in [-0.05, 0) is 64.5 Å². The van der Waals surface area contributed by atoms with Crippen LogP contribution in [-0.2, 0) is 16.6 Å². The van der Waals surface area contributed by atoms with Crippen molar-refractivity contribution in [3.8, 4) is 5.75 Å². The van der Waals surface area contributed by atoms with E-state index in [9.17, 15) is 18.0 Å². The van der Waals surface area contributed by atoms with Gasteiger partial charge in [-0.3, -0.25) is 14.3 Å². The van der Waals surface area contributed by atoms with Gasteiger partial charge in [-0.15, -0.1) is 0 Å². The van der Waals surface area contributed by atoms with Gasteiger partial charge in [0.1, 0.15) is 5.75 Å². The molecular formula is C23H31N3O5S. The molecule has 9 heteroatoms. The lowest BCUT2D eigenvalue weighted by Gasteiger charge is -2.25. The maximum Gasteiger partial charge on any atom is 0.328 e. The van der Waals surface area contributed by atoms with Gasteiger partial charge in [-0.2, -0.15) is 0 Å². The van der Waals surface area contributed by atoms with Crippen molar-refractivity contribution in [3.05, 3.63) is 69.5 Å². The van der Waals surface area contributed by atoms with E-state index in [1.54, 1.807) is 24.3 Å². The zero-order chi connectivity index (χ0) is 23.2. The molecule has 1 aromatic carbocycles. The molecule has 0 radical (unpaired) electrons. The summed E-state index contributed by atoms with van der Waals surface area (Å²) in [5.41, 5.74) is -1.56. The Morgan fingerprint density at radius 3 is 2.66 bits per heavy atom. The highest BCUT2D eigenvalue weighted by Crippen LogP contribution is 2.26. The number of nitrogens with one attached hydrogen (secondary N) is 2. The van der Waals surface area contributed by atoms with E-state index < -0.39 is 26.8 Å². The fourth-order valence-corrected chi connectivity index (χ4v) is 5.20. The summed E-state index contributed by atoms with van der Waals surface area (Å²) in [7, 11) is -3.70. The number of benzene rings is 1. The van der Waals surface area contributed by atoms with Crippen molar-refractivity contribution in [3.63, 3.8) is 0 Å². The molecule has 8 nitrogen and oxygen atoms in total. The van der Waals surface area contributed by atoms with Gasteiger partial charge >= 0.3 is 5.69 Å². The van der Waals surface area contributed by atoms with E-state index in [0.717, 1.165) is 25.7 Å². The Hall–Kier alpha value is -2.65. The molecule has 3 rings (SSSR count). The van der Waals surface area contributed by atoms with Gasteiger partial charge in [-0.1, -0.05) is 18.2 Å². The molecule has 1 aliphatic rings. The molecule has 1 heterocycles. The van der Waals surface area contributed by atoms with Gasteiger partial charge in [0.05, 0.1) is 11.0 Å². The van der Waals surface area contributed by atoms with Crippen molar-refractivity contribution in [2.24, 2.45) is 0 Å². The molecule has 1 aliphatic carbocycles. The van der Waals surface area contributed by atoms with Gasteiger partial charge in [0.25, 0.3) is 5.56 Å². The molecule has 1 saturated carbocycles. The second-order valence-corrected chi connectivity index (χ2v) is 10.4. The lowest BCUT2D eigenvalue weighted by atomic mass is 10.00. The Kier molecular flexibility index (Phi) is 7.73. The maximum absolute atomic E-state index is 12.9. The van der Waals surface area contributed by atoms with Crippen molar-refractivity contribution in [2.45, 2.75) is 75.5 Å². The number of H-pyrrole nitrogens is 1. The minimum Gasteiger partial charge on any atom is -0.490 e. The Bertz CT molecular complexity index is 1160. The Balaban J connectivity index is 1.55. The van der Waals surface area contributed by atoms with Gasteiger partial charge in [-0.25, -0.2) is 17.9 Å². The monoisotopic (exact) mass is 461 g/mol. The Labute approximate surface area is 188 Å². The van der Waals surface area contributed by atoms with Gasteiger partial charge in [0.15, 0.2) is 0 Å². The number of sulfonamides is 1. The SMILES string of the molecule is CC(C)(CC/C=C/Cn1ccc(=O)[nH]c1=O)NS(=O)(=O)c1cccc(OC2CCCC2)c1. The number of aromatic nitrogens is 2. The molecule has 32 heavy (non-hydrogen) atoms. The molecule has 0 saturated heterocycles. The van der Waals surface area contributed by atoms with E-state index in [1.807, 2.05) is 26.0 Å². The predicted molar refractivity (Wildman–Crippen MR) is 123 cm³/mol. The van der Waals surface area contributed by atoms with Gasteiger partial charge in [0.2, 0.25) is 10.0 Å². The number of aromatic amines is 1. The first-order valence-corrected chi connectivity index (χ1v) is 12.4. The average molecular weight is 462 g/mol. The average Bonchev–Trinajstić information content (AvgIpc) is 3.21. The van der Waals surface area contributed by atoms with Crippen LogP contribution in [0.25, 0.3) is 0 Å². The van der Waals surface area contributed by atoms with Crippen molar-refractivity contribution in [1.82, 2.24) is 14.3 Å². The largest absolute Gasteiger partial charge is 0.490 e. The fourth-order valence-electron chi connectivity index (χ4n) is 3.73. The molecule has 2 N–H and O–H groups in total. The predicted octanol–water partition coefficient (Wildman–Crippen LogP) is 2.95. The zero-order valence-corrected chi connectivity index (χ0v) is 19.4. The van der Waals surface area contributed by atoms with Gasteiger partial charge < -0.3 is 4.74 Å². The van der Waals surface area contributed by atoms with Crippen LogP contribution in [0.3, 0.4) is 0 Å². The van der Waals surface area contributed by atoms with Crippen LogP contribution in [0.15, 0.2) is 63.2 Å². The molecule has 0 aliphatic heterocycles. The van der Waals surface area contributed by atoms with Crippen LogP contribution in [0, 0.1) is 0 Å². The van der Waals surface area contributed by atoms with E-state index in [2.05, 4.69) is 9.71 Å². The lowest BCUT2D eigenvalue weighted by Crippen LogP contribution is -2.43. The third kappa shape index (κ3) is 6.93. The summed E-state index contributed by atoms with van der Waals surface area (Å²) in [6.07, 6.45) is 10.8. The summed E-state index contributed by atoms with van der Waals surface area (Å²) in [5.74, 6) is 0.581. The van der Waals surface area contributed by atoms with Crippen molar-refractivity contribution in [2.75, 3.05) is 0 Å². The van der Waals surface area contributed by atoms with E-state index in [-0.39, 0.29) is 11.0 Å². The second-order valence-electron chi connectivity index (χ2n) is 8.76.